The SMILES string of the molecule is NCC(NC(=O)c1cnc2ccccc2n1)C1CCCCC1. The van der Waals surface area contributed by atoms with Gasteiger partial charge in [0.15, 0.2) is 0 Å². The van der Waals surface area contributed by atoms with Crippen molar-refractivity contribution < 1.29 is 4.79 Å². The minimum atomic E-state index is -0.181. The van der Waals surface area contributed by atoms with Gasteiger partial charge in [0.05, 0.1) is 17.2 Å². The van der Waals surface area contributed by atoms with E-state index < -0.39 is 0 Å². The summed E-state index contributed by atoms with van der Waals surface area (Å²) < 4.78 is 0. The number of nitrogens with two attached hydrogens (primary N) is 1. The maximum absolute atomic E-state index is 12.4. The normalized spacial score (nSPS) is 17.3. The summed E-state index contributed by atoms with van der Waals surface area (Å²) in [6, 6.07) is 7.57. The lowest BCUT2D eigenvalue weighted by Crippen LogP contribution is -2.46. The highest BCUT2D eigenvalue weighted by molar-refractivity contribution is 5.93. The predicted octanol–water partition coefficient (Wildman–Crippen LogP) is 2.27. The highest BCUT2D eigenvalue weighted by Gasteiger charge is 2.24. The molecular formula is C17H22N4O. The lowest BCUT2D eigenvalue weighted by Gasteiger charge is -2.29. The molecule has 1 heterocycles. The van der Waals surface area contributed by atoms with Gasteiger partial charge in [-0.15, -0.1) is 0 Å². The van der Waals surface area contributed by atoms with Gasteiger partial charge in [-0.2, -0.15) is 0 Å². The van der Waals surface area contributed by atoms with Crippen molar-refractivity contribution in [2.24, 2.45) is 11.7 Å². The fraction of sp³-hybridized carbons (Fsp3) is 0.471. The van der Waals surface area contributed by atoms with Gasteiger partial charge in [0.2, 0.25) is 0 Å². The average Bonchev–Trinajstić information content (AvgIpc) is 2.59. The van der Waals surface area contributed by atoms with Crippen LogP contribution in [0.1, 0.15) is 42.6 Å². The van der Waals surface area contributed by atoms with Gasteiger partial charge in [-0.1, -0.05) is 31.4 Å². The van der Waals surface area contributed by atoms with Gasteiger partial charge in [0.25, 0.3) is 5.91 Å². The van der Waals surface area contributed by atoms with Crippen LogP contribution in [0.3, 0.4) is 0 Å². The molecule has 1 amide bonds. The number of para-hydroxylation sites is 2. The molecule has 1 aromatic heterocycles. The van der Waals surface area contributed by atoms with Crippen LogP contribution >= 0.6 is 0 Å². The number of carbonyl (C=O) groups is 1. The van der Waals surface area contributed by atoms with Crippen LogP contribution in [0.2, 0.25) is 0 Å². The summed E-state index contributed by atoms with van der Waals surface area (Å²) in [6.45, 7) is 0.470. The van der Waals surface area contributed by atoms with Crippen LogP contribution < -0.4 is 11.1 Å². The Kier molecular flexibility index (Phi) is 4.63. The minimum absolute atomic E-state index is 0.0288. The van der Waals surface area contributed by atoms with E-state index in [9.17, 15) is 4.79 Å². The number of nitrogens with one attached hydrogen (secondary N) is 1. The molecule has 0 bridgehead atoms. The van der Waals surface area contributed by atoms with E-state index in [1.165, 1.54) is 25.5 Å². The molecule has 5 nitrogen and oxygen atoms in total. The van der Waals surface area contributed by atoms with Crippen molar-refractivity contribution in [2.75, 3.05) is 6.54 Å². The molecular weight excluding hydrogens is 276 g/mol. The standard InChI is InChI=1S/C17H22N4O/c18-10-15(12-6-2-1-3-7-12)21-17(22)16-11-19-13-8-4-5-9-14(13)20-16/h4-5,8-9,11-12,15H,1-3,6-7,10,18H2,(H,21,22). The first-order chi connectivity index (χ1) is 10.8. The summed E-state index contributed by atoms with van der Waals surface area (Å²) in [4.78, 5) is 21.1. The van der Waals surface area contributed by atoms with Crippen molar-refractivity contribution in [1.29, 1.82) is 0 Å². The zero-order valence-electron chi connectivity index (χ0n) is 12.7. The molecule has 5 heteroatoms. The molecule has 1 fully saturated rings. The van der Waals surface area contributed by atoms with Gasteiger partial charge < -0.3 is 11.1 Å². The third kappa shape index (κ3) is 3.25. The van der Waals surface area contributed by atoms with Gasteiger partial charge in [-0.25, -0.2) is 4.98 Å². The van der Waals surface area contributed by atoms with Crippen LogP contribution in [-0.4, -0.2) is 28.5 Å². The topological polar surface area (TPSA) is 80.9 Å². The number of hydrogen-bond acceptors (Lipinski definition) is 4. The lowest BCUT2D eigenvalue weighted by atomic mass is 9.84. The number of aromatic nitrogens is 2. The first kappa shape index (κ1) is 14.9. The molecule has 0 aliphatic heterocycles. The fourth-order valence-corrected chi connectivity index (χ4v) is 3.21. The largest absolute Gasteiger partial charge is 0.346 e. The maximum atomic E-state index is 12.4. The van der Waals surface area contributed by atoms with Gasteiger partial charge in [0, 0.05) is 12.6 Å². The third-order valence-electron chi connectivity index (χ3n) is 4.47. The van der Waals surface area contributed by atoms with Crippen molar-refractivity contribution in [3.63, 3.8) is 0 Å². The molecule has 1 saturated carbocycles. The number of benzene rings is 1. The van der Waals surface area contributed by atoms with E-state index in [1.54, 1.807) is 0 Å². The van der Waals surface area contributed by atoms with Crippen LogP contribution in [0.15, 0.2) is 30.5 Å². The molecule has 1 aromatic carbocycles. The molecule has 1 atom stereocenters. The third-order valence-corrected chi connectivity index (χ3v) is 4.47. The molecule has 22 heavy (non-hydrogen) atoms. The Bertz CT molecular complexity index is 652. The van der Waals surface area contributed by atoms with Gasteiger partial charge >= 0.3 is 0 Å². The molecule has 1 aliphatic rings. The number of rotatable bonds is 4. The Morgan fingerprint density at radius 2 is 1.95 bits per heavy atom. The van der Waals surface area contributed by atoms with Crippen molar-refractivity contribution in [2.45, 2.75) is 38.1 Å². The van der Waals surface area contributed by atoms with E-state index in [0.717, 1.165) is 23.9 Å². The molecule has 3 N–H and O–H groups in total. The molecule has 0 radical (unpaired) electrons. The molecule has 0 saturated heterocycles. The van der Waals surface area contributed by atoms with Crippen molar-refractivity contribution in [3.8, 4) is 0 Å². The van der Waals surface area contributed by atoms with Gasteiger partial charge in [0.1, 0.15) is 5.69 Å². The lowest BCUT2D eigenvalue weighted by molar-refractivity contribution is 0.0910. The van der Waals surface area contributed by atoms with Crippen LogP contribution in [0.5, 0.6) is 0 Å². The Morgan fingerprint density at radius 3 is 2.68 bits per heavy atom. The highest BCUT2D eigenvalue weighted by Crippen LogP contribution is 2.26. The molecule has 1 unspecified atom stereocenters. The monoisotopic (exact) mass is 298 g/mol. The summed E-state index contributed by atoms with van der Waals surface area (Å²) in [5.41, 5.74) is 7.75. The first-order valence-corrected chi connectivity index (χ1v) is 8.00. The summed E-state index contributed by atoms with van der Waals surface area (Å²) in [5, 5.41) is 3.05. The number of nitrogens with zero attached hydrogens (tertiary/aromatic N) is 2. The highest BCUT2D eigenvalue weighted by atomic mass is 16.1. The van der Waals surface area contributed by atoms with Crippen LogP contribution in [-0.2, 0) is 0 Å². The maximum Gasteiger partial charge on any atom is 0.271 e. The van der Waals surface area contributed by atoms with E-state index >= 15 is 0 Å². The molecule has 1 aliphatic carbocycles. The molecule has 2 aromatic rings. The average molecular weight is 298 g/mol. The second kappa shape index (κ2) is 6.83. The Hall–Kier alpha value is -2.01. The second-order valence-corrected chi connectivity index (χ2v) is 5.96. The van der Waals surface area contributed by atoms with E-state index in [-0.39, 0.29) is 11.9 Å². The number of amides is 1. The van der Waals surface area contributed by atoms with E-state index in [4.69, 9.17) is 5.73 Å². The Balaban J connectivity index is 1.73. The van der Waals surface area contributed by atoms with Gasteiger partial charge in [-0.05, 0) is 30.9 Å². The first-order valence-electron chi connectivity index (χ1n) is 8.00. The summed E-state index contributed by atoms with van der Waals surface area (Å²) in [5.74, 6) is 0.301. The van der Waals surface area contributed by atoms with E-state index in [2.05, 4.69) is 15.3 Å². The fourth-order valence-electron chi connectivity index (χ4n) is 3.21. The summed E-state index contributed by atoms with van der Waals surface area (Å²) in [6.07, 6.45) is 7.57. The van der Waals surface area contributed by atoms with Crippen molar-refractivity contribution in [1.82, 2.24) is 15.3 Å². The zero-order chi connectivity index (χ0) is 15.4. The smallest absolute Gasteiger partial charge is 0.271 e. The second-order valence-electron chi connectivity index (χ2n) is 5.96. The Morgan fingerprint density at radius 1 is 1.23 bits per heavy atom. The molecule has 0 spiro atoms. The number of fused-ring (bicyclic) bond motifs is 1. The van der Waals surface area contributed by atoms with Crippen molar-refractivity contribution in [3.05, 3.63) is 36.2 Å². The zero-order valence-corrected chi connectivity index (χ0v) is 12.7. The Labute approximate surface area is 130 Å². The van der Waals surface area contributed by atoms with E-state index in [0.29, 0.717) is 18.2 Å². The number of carbonyl (C=O) groups excluding carboxylic acids is 1. The van der Waals surface area contributed by atoms with Crippen LogP contribution in [0, 0.1) is 5.92 Å². The summed E-state index contributed by atoms with van der Waals surface area (Å²) in [7, 11) is 0. The van der Waals surface area contributed by atoms with E-state index in [1.807, 2.05) is 24.3 Å². The quantitative estimate of drug-likeness (QED) is 0.907. The van der Waals surface area contributed by atoms with Crippen LogP contribution in [0.4, 0.5) is 0 Å². The van der Waals surface area contributed by atoms with Crippen LogP contribution in [0.25, 0.3) is 11.0 Å². The number of hydrogen-bond donors (Lipinski definition) is 2. The summed E-state index contributed by atoms with van der Waals surface area (Å²) >= 11 is 0. The van der Waals surface area contributed by atoms with Gasteiger partial charge in [-0.3, -0.25) is 9.78 Å². The predicted molar refractivity (Wildman–Crippen MR) is 86.4 cm³/mol. The minimum Gasteiger partial charge on any atom is -0.346 e. The van der Waals surface area contributed by atoms with Crippen molar-refractivity contribution >= 4 is 16.9 Å². The molecule has 3 rings (SSSR count). The molecule has 116 valence electrons.